The van der Waals surface area contributed by atoms with E-state index in [9.17, 15) is 18.0 Å². The van der Waals surface area contributed by atoms with Crippen molar-refractivity contribution in [1.82, 2.24) is 5.32 Å². The molecule has 0 fully saturated rings. The van der Waals surface area contributed by atoms with Crippen LogP contribution in [-0.4, -0.2) is 40.1 Å². The van der Waals surface area contributed by atoms with Crippen molar-refractivity contribution >= 4 is 27.6 Å². The molecule has 9 heteroatoms. The van der Waals surface area contributed by atoms with E-state index in [1.54, 1.807) is 31.2 Å². The third-order valence-corrected chi connectivity index (χ3v) is 5.58. The van der Waals surface area contributed by atoms with Gasteiger partial charge in [0, 0.05) is 11.3 Å². The molecule has 0 aliphatic heterocycles. The average molecular weight is 420 g/mol. The summed E-state index contributed by atoms with van der Waals surface area (Å²) in [6, 6.07) is 9.92. The number of ether oxygens (including phenoxy) is 2. The lowest BCUT2D eigenvalue weighted by Crippen LogP contribution is -2.39. The monoisotopic (exact) mass is 420 g/mol. The standard InChI is InChI=1S/C20H24N2O6S/c1-5-28-17-10-8-16(9-11-17)22-29(25,26)18-12-15(7-6-13(18)2)19(23)21-14(3)20(24)27-4/h6-12,14,22H,5H2,1-4H3,(H,21,23). The number of aryl methyl sites for hydroxylation is 1. The Morgan fingerprint density at radius 1 is 1.10 bits per heavy atom. The summed E-state index contributed by atoms with van der Waals surface area (Å²) in [5.41, 5.74) is 0.946. The normalized spacial score (nSPS) is 12.0. The average Bonchev–Trinajstić information content (AvgIpc) is 2.68. The van der Waals surface area contributed by atoms with Crippen LogP contribution in [0.25, 0.3) is 0 Å². The van der Waals surface area contributed by atoms with Gasteiger partial charge in [-0.1, -0.05) is 6.07 Å². The number of amides is 1. The van der Waals surface area contributed by atoms with E-state index in [-0.39, 0.29) is 10.5 Å². The van der Waals surface area contributed by atoms with Crippen LogP contribution in [0.5, 0.6) is 5.75 Å². The van der Waals surface area contributed by atoms with E-state index in [2.05, 4.69) is 14.8 Å². The van der Waals surface area contributed by atoms with Crippen LogP contribution in [0, 0.1) is 6.92 Å². The number of carbonyl (C=O) groups excluding carboxylic acids is 2. The highest BCUT2D eigenvalue weighted by Gasteiger charge is 2.21. The second-order valence-corrected chi connectivity index (χ2v) is 7.91. The third-order valence-electron chi connectivity index (χ3n) is 4.06. The Kier molecular flexibility index (Phi) is 7.22. The zero-order valence-corrected chi connectivity index (χ0v) is 17.5. The van der Waals surface area contributed by atoms with Crippen LogP contribution in [0.15, 0.2) is 47.4 Å². The van der Waals surface area contributed by atoms with E-state index < -0.39 is 27.9 Å². The van der Waals surface area contributed by atoms with Crippen LogP contribution < -0.4 is 14.8 Å². The van der Waals surface area contributed by atoms with Gasteiger partial charge in [-0.3, -0.25) is 9.52 Å². The molecular weight excluding hydrogens is 396 g/mol. The van der Waals surface area contributed by atoms with Crippen molar-refractivity contribution in [3.8, 4) is 5.75 Å². The van der Waals surface area contributed by atoms with Gasteiger partial charge < -0.3 is 14.8 Å². The van der Waals surface area contributed by atoms with Crippen molar-refractivity contribution in [2.75, 3.05) is 18.4 Å². The Bertz CT molecular complexity index is 987. The van der Waals surface area contributed by atoms with Gasteiger partial charge in [-0.15, -0.1) is 0 Å². The fourth-order valence-corrected chi connectivity index (χ4v) is 3.87. The Balaban J connectivity index is 2.25. The van der Waals surface area contributed by atoms with Crippen molar-refractivity contribution < 1.29 is 27.5 Å². The molecule has 156 valence electrons. The van der Waals surface area contributed by atoms with E-state index in [1.807, 2.05) is 6.92 Å². The van der Waals surface area contributed by atoms with E-state index in [1.165, 1.54) is 32.2 Å². The number of benzene rings is 2. The van der Waals surface area contributed by atoms with Gasteiger partial charge in [-0.05, 0) is 62.7 Å². The molecule has 0 aliphatic rings. The Morgan fingerprint density at radius 3 is 2.34 bits per heavy atom. The van der Waals surface area contributed by atoms with Gasteiger partial charge in [0.1, 0.15) is 11.8 Å². The number of sulfonamides is 1. The first-order chi connectivity index (χ1) is 13.7. The van der Waals surface area contributed by atoms with Crippen LogP contribution in [0.1, 0.15) is 29.8 Å². The summed E-state index contributed by atoms with van der Waals surface area (Å²) in [4.78, 5) is 23.8. The van der Waals surface area contributed by atoms with E-state index in [0.29, 0.717) is 23.6 Å². The van der Waals surface area contributed by atoms with Crippen LogP contribution in [-0.2, 0) is 19.6 Å². The number of nitrogens with one attached hydrogen (secondary N) is 2. The molecule has 0 radical (unpaired) electrons. The Morgan fingerprint density at radius 2 is 1.76 bits per heavy atom. The number of rotatable bonds is 8. The lowest BCUT2D eigenvalue weighted by atomic mass is 10.1. The van der Waals surface area contributed by atoms with Crippen LogP contribution in [0.4, 0.5) is 5.69 Å². The minimum Gasteiger partial charge on any atom is -0.494 e. The molecule has 2 N–H and O–H groups in total. The highest BCUT2D eigenvalue weighted by molar-refractivity contribution is 7.92. The molecule has 0 spiro atoms. The summed E-state index contributed by atoms with van der Waals surface area (Å²) in [5, 5.41) is 2.47. The van der Waals surface area contributed by atoms with Gasteiger partial charge in [0.05, 0.1) is 18.6 Å². The smallest absolute Gasteiger partial charge is 0.328 e. The summed E-state index contributed by atoms with van der Waals surface area (Å²) in [6.07, 6.45) is 0. The number of anilines is 1. The predicted octanol–water partition coefficient (Wildman–Crippen LogP) is 2.49. The summed E-state index contributed by atoms with van der Waals surface area (Å²) in [6.45, 7) is 5.47. The van der Waals surface area contributed by atoms with Gasteiger partial charge in [-0.25, -0.2) is 13.2 Å². The fourth-order valence-electron chi connectivity index (χ4n) is 2.54. The molecule has 0 saturated heterocycles. The molecule has 1 unspecified atom stereocenters. The molecule has 0 saturated carbocycles. The van der Waals surface area contributed by atoms with Crippen LogP contribution in [0.3, 0.4) is 0 Å². The minimum absolute atomic E-state index is 0.0373. The maximum atomic E-state index is 12.8. The Hall–Kier alpha value is -3.07. The second kappa shape index (κ2) is 9.42. The first kappa shape index (κ1) is 22.2. The van der Waals surface area contributed by atoms with Crippen molar-refractivity contribution in [2.24, 2.45) is 0 Å². The largest absolute Gasteiger partial charge is 0.494 e. The second-order valence-electron chi connectivity index (χ2n) is 6.26. The van der Waals surface area contributed by atoms with E-state index in [4.69, 9.17) is 4.74 Å². The summed E-state index contributed by atoms with van der Waals surface area (Å²) < 4.78 is 38.1. The van der Waals surface area contributed by atoms with Crippen molar-refractivity contribution in [2.45, 2.75) is 31.7 Å². The van der Waals surface area contributed by atoms with Gasteiger partial charge in [0.15, 0.2) is 0 Å². The SMILES string of the molecule is CCOc1ccc(NS(=O)(=O)c2cc(C(=O)NC(C)C(=O)OC)ccc2C)cc1. The lowest BCUT2D eigenvalue weighted by Gasteiger charge is -2.14. The van der Waals surface area contributed by atoms with E-state index in [0.717, 1.165) is 0 Å². The van der Waals surface area contributed by atoms with Gasteiger partial charge in [-0.2, -0.15) is 0 Å². The maximum absolute atomic E-state index is 12.8. The molecule has 0 heterocycles. The predicted molar refractivity (Wildman–Crippen MR) is 109 cm³/mol. The molecule has 2 aromatic rings. The molecule has 2 aromatic carbocycles. The van der Waals surface area contributed by atoms with Gasteiger partial charge in [0.25, 0.3) is 15.9 Å². The molecule has 0 aromatic heterocycles. The first-order valence-corrected chi connectivity index (χ1v) is 10.4. The molecule has 2 rings (SSSR count). The molecule has 8 nitrogen and oxygen atoms in total. The lowest BCUT2D eigenvalue weighted by molar-refractivity contribution is -0.142. The van der Waals surface area contributed by atoms with Gasteiger partial charge in [0.2, 0.25) is 0 Å². The molecule has 29 heavy (non-hydrogen) atoms. The molecule has 1 amide bonds. The number of carbonyl (C=O) groups is 2. The third kappa shape index (κ3) is 5.71. The molecule has 1 atom stereocenters. The molecule has 0 bridgehead atoms. The Labute approximate surface area is 170 Å². The molecule has 0 aliphatic carbocycles. The van der Waals surface area contributed by atoms with Crippen molar-refractivity contribution in [3.05, 3.63) is 53.6 Å². The van der Waals surface area contributed by atoms with Crippen LogP contribution in [0.2, 0.25) is 0 Å². The highest BCUT2D eigenvalue weighted by atomic mass is 32.2. The number of esters is 1. The fraction of sp³-hybridized carbons (Fsp3) is 0.300. The minimum atomic E-state index is -3.94. The number of hydrogen-bond acceptors (Lipinski definition) is 6. The van der Waals surface area contributed by atoms with E-state index >= 15 is 0 Å². The van der Waals surface area contributed by atoms with Gasteiger partial charge >= 0.3 is 5.97 Å². The molecular formula is C20H24N2O6S. The number of methoxy groups -OCH3 is 1. The summed E-state index contributed by atoms with van der Waals surface area (Å²) >= 11 is 0. The zero-order chi connectivity index (χ0) is 21.6. The zero-order valence-electron chi connectivity index (χ0n) is 16.7. The highest BCUT2D eigenvalue weighted by Crippen LogP contribution is 2.22. The quantitative estimate of drug-likeness (QED) is 0.635. The number of hydrogen-bond donors (Lipinski definition) is 2. The van der Waals surface area contributed by atoms with Crippen LogP contribution >= 0.6 is 0 Å². The van der Waals surface area contributed by atoms with Crippen molar-refractivity contribution in [1.29, 1.82) is 0 Å². The topological polar surface area (TPSA) is 111 Å². The first-order valence-electron chi connectivity index (χ1n) is 8.93. The maximum Gasteiger partial charge on any atom is 0.328 e. The summed E-state index contributed by atoms with van der Waals surface area (Å²) in [7, 11) is -2.72. The van der Waals surface area contributed by atoms with Crippen molar-refractivity contribution in [3.63, 3.8) is 0 Å². The summed E-state index contributed by atoms with van der Waals surface area (Å²) in [5.74, 6) is -0.555.